The highest BCUT2D eigenvalue weighted by molar-refractivity contribution is 7.17. The molecular formula is C15H15N3O2S. The standard InChI is InChI=1S/C15H15N3O2S/c1-9-7-21-14-13(9)16-8-18(15(14)19)6-12-17-10-4-2-3-5-11(10)20-12/h7-8H,2-6H2,1H3. The van der Waals surface area contributed by atoms with Crippen LogP contribution in [-0.2, 0) is 19.4 Å². The zero-order chi connectivity index (χ0) is 14.4. The van der Waals surface area contributed by atoms with Crippen molar-refractivity contribution in [3.63, 3.8) is 0 Å². The molecule has 3 aromatic rings. The fourth-order valence-corrected chi connectivity index (χ4v) is 3.74. The maximum atomic E-state index is 12.5. The number of nitrogens with zero attached hydrogens (tertiary/aromatic N) is 3. The molecule has 1 aliphatic carbocycles. The molecule has 3 aromatic heterocycles. The van der Waals surface area contributed by atoms with Gasteiger partial charge >= 0.3 is 0 Å². The lowest BCUT2D eigenvalue weighted by Gasteiger charge is -2.05. The smallest absolute Gasteiger partial charge is 0.271 e. The molecule has 0 aliphatic heterocycles. The van der Waals surface area contributed by atoms with Crippen LogP contribution < -0.4 is 5.56 Å². The summed E-state index contributed by atoms with van der Waals surface area (Å²) in [6.07, 6.45) is 5.85. The number of hydrogen-bond acceptors (Lipinski definition) is 5. The summed E-state index contributed by atoms with van der Waals surface area (Å²) >= 11 is 1.45. The van der Waals surface area contributed by atoms with E-state index in [-0.39, 0.29) is 5.56 Å². The van der Waals surface area contributed by atoms with E-state index in [0.29, 0.717) is 17.1 Å². The fraction of sp³-hybridized carbons (Fsp3) is 0.400. The second-order valence-corrected chi connectivity index (χ2v) is 6.34. The maximum absolute atomic E-state index is 12.5. The van der Waals surface area contributed by atoms with E-state index < -0.39 is 0 Å². The number of fused-ring (bicyclic) bond motifs is 2. The molecule has 0 saturated carbocycles. The average Bonchev–Trinajstić information content (AvgIpc) is 3.06. The zero-order valence-electron chi connectivity index (χ0n) is 11.8. The Morgan fingerprint density at radius 1 is 1.38 bits per heavy atom. The Labute approximate surface area is 125 Å². The van der Waals surface area contributed by atoms with Crippen molar-refractivity contribution < 1.29 is 4.42 Å². The molecule has 21 heavy (non-hydrogen) atoms. The predicted octanol–water partition coefficient (Wildman–Crippen LogP) is 2.68. The summed E-state index contributed by atoms with van der Waals surface area (Å²) in [5, 5.41) is 1.97. The molecule has 1 aliphatic rings. The molecule has 0 spiro atoms. The van der Waals surface area contributed by atoms with Crippen molar-refractivity contribution in [2.75, 3.05) is 0 Å². The minimum atomic E-state index is -0.0192. The Balaban J connectivity index is 1.72. The van der Waals surface area contributed by atoms with Crippen LogP contribution in [0.3, 0.4) is 0 Å². The Kier molecular flexibility index (Phi) is 2.92. The van der Waals surface area contributed by atoms with Gasteiger partial charge in [-0.3, -0.25) is 9.36 Å². The molecular weight excluding hydrogens is 286 g/mol. The number of rotatable bonds is 2. The van der Waals surface area contributed by atoms with Gasteiger partial charge < -0.3 is 4.42 Å². The number of oxazole rings is 1. The van der Waals surface area contributed by atoms with E-state index in [2.05, 4.69) is 9.97 Å². The van der Waals surface area contributed by atoms with Crippen LogP contribution in [0.2, 0.25) is 0 Å². The minimum absolute atomic E-state index is 0.0192. The van der Waals surface area contributed by atoms with Crippen LogP contribution in [0.4, 0.5) is 0 Å². The second-order valence-electron chi connectivity index (χ2n) is 5.46. The Bertz CT molecular complexity index is 851. The molecule has 0 unspecified atom stereocenters. The summed E-state index contributed by atoms with van der Waals surface area (Å²) in [4.78, 5) is 21.4. The molecule has 0 radical (unpaired) electrons. The van der Waals surface area contributed by atoms with E-state index in [1.54, 1.807) is 10.9 Å². The molecule has 0 bridgehead atoms. The number of thiophene rings is 1. The molecule has 108 valence electrons. The quantitative estimate of drug-likeness (QED) is 0.730. The van der Waals surface area contributed by atoms with Crippen LogP contribution in [0.1, 0.15) is 35.7 Å². The van der Waals surface area contributed by atoms with Gasteiger partial charge in [-0.15, -0.1) is 11.3 Å². The van der Waals surface area contributed by atoms with Gasteiger partial charge in [-0.05, 0) is 37.1 Å². The van der Waals surface area contributed by atoms with Gasteiger partial charge in [-0.25, -0.2) is 9.97 Å². The summed E-state index contributed by atoms with van der Waals surface area (Å²) in [5.41, 5.74) is 2.89. The minimum Gasteiger partial charge on any atom is -0.443 e. The van der Waals surface area contributed by atoms with Crippen LogP contribution in [-0.4, -0.2) is 14.5 Å². The SMILES string of the molecule is Cc1csc2c(=O)n(Cc3nc4c(o3)CCCC4)cnc12. The molecule has 6 heteroatoms. The van der Waals surface area contributed by atoms with Crippen LogP contribution in [0.15, 0.2) is 20.9 Å². The normalized spacial score (nSPS) is 14.5. The van der Waals surface area contributed by atoms with Crippen LogP contribution >= 0.6 is 11.3 Å². The maximum Gasteiger partial charge on any atom is 0.271 e. The zero-order valence-corrected chi connectivity index (χ0v) is 12.6. The van der Waals surface area contributed by atoms with Crippen molar-refractivity contribution in [2.24, 2.45) is 0 Å². The predicted molar refractivity (Wildman–Crippen MR) is 80.9 cm³/mol. The van der Waals surface area contributed by atoms with E-state index in [1.165, 1.54) is 17.8 Å². The molecule has 0 N–H and O–H groups in total. The van der Waals surface area contributed by atoms with Crippen LogP contribution in [0.5, 0.6) is 0 Å². The Morgan fingerprint density at radius 2 is 2.24 bits per heavy atom. The molecule has 0 fully saturated rings. The van der Waals surface area contributed by atoms with Crippen molar-refractivity contribution in [3.8, 4) is 0 Å². The molecule has 4 rings (SSSR count). The van der Waals surface area contributed by atoms with Crippen molar-refractivity contribution in [1.82, 2.24) is 14.5 Å². The van der Waals surface area contributed by atoms with Crippen molar-refractivity contribution in [2.45, 2.75) is 39.2 Å². The Hall–Kier alpha value is -1.95. The lowest BCUT2D eigenvalue weighted by Crippen LogP contribution is -2.20. The topological polar surface area (TPSA) is 60.9 Å². The first kappa shape index (κ1) is 12.8. The van der Waals surface area contributed by atoms with Crippen LogP contribution in [0, 0.1) is 6.92 Å². The highest BCUT2D eigenvalue weighted by Crippen LogP contribution is 2.22. The lowest BCUT2D eigenvalue weighted by atomic mass is 10.0. The third kappa shape index (κ3) is 2.10. The van der Waals surface area contributed by atoms with Gasteiger partial charge in [0.15, 0.2) is 0 Å². The summed E-state index contributed by atoms with van der Waals surface area (Å²) in [5.74, 6) is 1.60. The van der Waals surface area contributed by atoms with Crippen molar-refractivity contribution in [1.29, 1.82) is 0 Å². The fourth-order valence-electron chi connectivity index (χ4n) is 2.79. The number of aromatic nitrogens is 3. The highest BCUT2D eigenvalue weighted by Gasteiger charge is 2.18. The summed E-state index contributed by atoms with van der Waals surface area (Å²) < 4.78 is 8.07. The largest absolute Gasteiger partial charge is 0.443 e. The summed E-state index contributed by atoms with van der Waals surface area (Å²) in [7, 11) is 0. The number of hydrogen-bond donors (Lipinski definition) is 0. The van der Waals surface area contributed by atoms with E-state index in [0.717, 1.165) is 41.8 Å². The first-order valence-corrected chi connectivity index (χ1v) is 8.01. The molecule has 5 nitrogen and oxygen atoms in total. The van der Waals surface area contributed by atoms with Gasteiger partial charge in [0, 0.05) is 6.42 Å². The third-order valence-corrected chi connectivity index (χ3v) is 4.99. The number of aryl methyl sites for hydroxylation is 3. The lowest BCUT2D eigenvalue weighted by molar-refractivity contribution is 0.427. The third-order valence-electron chi connectivity index (χ3n) is 3.92. The molecule has 0 saturated heterocycles. The van der Waals surface area contributed by atoms with Crippen molar-refractivity contribution >= 4 is 21.6 Å². The van der Waals surface area contributed by atoms with Gasteiger partial charge in [-0.1, -0.05) is 0 Å². The molecule has 0 aromatic carbocycles. The monoisotopic (exact) mass is 301 g/mol. The molecule has 0 atom stereocenters. The van der Waals surface area contributed by atoms with E-state index >= 15 is 0 Å². The van der Waals surface area contributed by atoms with Gasteiger partial charge in [-0.2, -0.15) is 0 Å². The average molecular weight is 301 g/mol. The first-order chi connectivity index (χ1) is 10.2. The van der Waals surface area contributed by atoms with Gasteiger partial charge in [0.2, 0.25) is 5.89 Å². The second kappa shape index (κ2) is 4.80. The van der Waals surface area contributed by atoms with Gasteiger partial charge in [0.05, 0.1) is 17.5 Å². The van der Waals surface area contributed by atoms with E-state index in [4.69, 9.17) is 4.42 Å². The van der Waals surface area contributed by atoms with E-state index in [1.807, 2.05) is 12.3 Å². The first-order valence-electron chi connectivity index (χ1n) is 7.13. The van der Waals surface area contributed by atoms with E-state index in [9.17, 15) is 4.79 Å². The highest BCUT2D eigenvalue weighted by atomic mass is 32.1. The Morgan fingerprint density at radius 3 is 3.10 bits per heavy atom. The summed E-state index contributed by atoms with van der Waals surface area (Å²) in [6.45, 7) is 2.32. The van der Waals surface area contributed by atoms with Crippen LogP contribution in [0.25, 0.3) is 10.2 Å². The van der Waals surface area contributed by atoms with Gasteiger partial charge in [0.25, 0.3) is 5.56 Å². The van der Waals surface area contributed by atoms with Gasteiger partial charge in [0.1, 0.15) is 17.0 Å². The summed E-state index contributed by atoms with van der Waals surface area (Å²) in [6, 6.07) is 0. The van der Waals surface area contributed by atoms with Crippen molar-refractivity contribution in [3.05, 3.63) is 45.0 Å². The molecule has 3 heterocycles. The molecule has 0 amide bonds.